The minimum atomic E-state index is -0.00808. The van der Waals surface area contributed by atoms with E-state index in [9.17, 15) is 20.1 Å². The summed E-state index contributed by atoms with van der Waals surface area (Å²) in [6, 6.07) is 4.63. The van der Waals surface area contributed by atoms with Gasteiger partial charge in [0.15, 0.2) is 0 Å². The minimum Gasteiger partial charge on any atom is -0.317 e. The summed E-state index contributed by atoms with van der Waals surface area (Å²) in [5.41, 5.74) is 3.64. The average molecular weight is 551 g/mol. The van der Waals surface area contributed by atoms with E-state index in [1.54, 1.807) is 22.7 Å². The summed E-state index contributed by atoms with van der Waals surface area (Å²) in [4.78, 5) is 27.5. The molecule has 2 N–H and O–H groups in total. The molecule has 202 valence electrons. The molecule has 2 amide bonds. The molecular weight excluding hydrogens is 512 g/mol. The Kier molecular flexibility index (Phi) is 9.99. The first kappa shape index (κ1) is 28.3. The van der Waals surface area contributed by atoms with Gasteiger partial charge in [-0.25, -0.2) is 0 Å². The first-order valence-corrected chi connectivity index (χ1v) is 15.7. The van der Waals surface area contributed by atoms with Gasteiger partial charge in [-0.05, 0) is 74.3 Å². The van der Waals surface area contributed by atoms with Crippen molar-refractivity contribution in [2.24, 2.45) is 11.8 Å². The number of carbonyl (C=O) groups excluding carboxylic acids is 2. The number of anilines is 2. The Morgan fingerprint density at radius 3 is 1.53 bits per heavy atom. The van der Waals surface area contributed by atoms with Crippen LogP contribution in [-0.4, -0.2) is 11.8 Å². The van der Waals surface area contributed by atoms with E-state index < -0.39 is 0 Å². The van der Waals surface area contributed by atoms with E-state index >= 15 is 0 Å². The van der Waals surface area contributed by atoms with Crippen molar-refractivity contribution >= 4 is 44.5 Å². The molecule has 8 heteroatoms. The highest BCUT2D eigenvalue weighted by atomic mass is 32.1. The average Bonchev–Trinajstić information content (AvgIpc) is 3.40. The van der Waals surface area contributed by atoms with Gasteiger partial charge in [0.25, 0.3) is 0 Å². The Morgan fingerprint density at radius 2 is 1.13 bits per heavy atom. The van der Waals surface area contributed by atoms with Crippen LogP contribution in [0.25, 0.3) is 0 Å². The van der Waals surface area contributed by atoms with Crippen LogP contribution in [0.3, 0.4) is 0 Å². The van der Waals surface area contributed by atoms with Gasteiger partial charge in [0.1, 0.15) is 22.1 Å². The van der Waals surface area contributed by atoms with E-state index in [2.05, 4.69) is 36.6 Å². The van der Waals surface area contributed by atoms with E-state index in [0.29, 0.717) is 35.8 Å². The fourth-order valence-electron chi connectivity index (χ4n) is 5.57. The molecule has 0 aliphatic heterocycles. The maximum Gasteiger partial charge on any atom is 0.225 e. The summed E-state index contributed by atoms with van der Waals surface area (Å²) in [5, 5.41) is 26.7. The molecule has 0 spiro atoms. The maximum absolute atomic E-state index is 12.5. The van der Waals surface area contributed by atoms with E-state index in [1.807, 2.05) is 0 Å². The second-order valence-corrected chi connectivity index (χ2v) is 13.3. The van der Waals surface area contributed by atoms with Crippen LogP contribution in [0, 0.1) is 34.5 Å². The maximum atomic E-state index is 12.5. The summed E-state index contributed by atoms with van der Waals surface area (Å²) in [6.45, 7) is 4.48. The van der Waals surface area contributed by atoms with E-state index in [4.69, 9.17) is 0 Å². The van der Waals surface area contributed by atoms with Crippen molar-refractivity contribution in [1.29, 1.82) is 10.5 Å². The Labute approximate surface area is 234 Å². The third-order valence-electron chi connectivity index (χ3n) is 7.81. The first-order chi connectivity index (χ1) is 18.4. The molecule has 2 aliphatic rings. The standard InChI is InChI=1S/C30H38N4O2S2/c1-19-11-13-21-23(17-31)29(37-25(21)15-19)33-27(35)9-7-5-3-4-6-8-10-28(36)34-30-24(18-32)22-14-12-20(2)16-26(22)38-30/h19-20H,3-16H2,1-2H3,(H,33,35)(H,34,36)/t19-,20-/m1/s1. The Bertz CT molecular complexity index is 1150. The number of hydrogen-bond acceptors (Lipinski definition) is 6. The van der Waals surface area contributed by atoms with Crippen molar-refractivity contribution < 1.29 is 9.59 Å². The monoisotopic (exact) mass is 550 g/mol. The van der Waals surface area contributed by atoms with Crippen LogP contribution in [0.5, 0.6) is 0 Å². The number of unbranched alkanes of at least 4 members (excludes halogenated alkanes) is 5. The molecule has 2 aliphatic carbocycles. The summed E-state index contributed by atoms with van der Waals surface area (Å²) >= 11 is 3.16. The lowest BCUT2D eigenvalue weighted by molar-refractivity contribution is -0.117. The zero-order valence-electron chi connectivity index (χ0n) is 22.6. The predicted molar refractivity (Wildman–Crippen MR) is 155 cm³/mol. The zero-order chi connectivity index (χ0) is 27.1. The quantitative estimate of drug-likeness (QED) is 0.283. The molecule has 0 unspecified atom stereocenters. The van der Waals surface area contributed by atoms with Crippen molar-refractivity contribution in [1.82, 2.24) is 0 Å². The molecule has 0 radical (unpaired) electrons. The largest absolute Gasteiger partial charge is 0.317 e. The van der Waals surface area contributed by atoms with E-state index in [0.717, 1.165) is 98.2 Å². The Balaban J connectivity index is 1.09. The second kappa shape index (κ2) is 13.4. The van der Waals surface area contributed by atoms with Crippen molar-refractivity contribution in [2.75, 3.05) is 10.6 Å². The van der Waals surface area contributed by atoms with Crippen LogP contribution in [0.15, 0.2) is 0 Å². The number of carbonyl (C=O) groups is 2. The van der Waals surface area contributed by atoms with Gasteiger partial charge in [-0.3, -0.25) is 9.59 Å². The number of hydrogen-bond donors (Lipinski definition) is 2. The third-order valence-corrected chi connectivity index (χ3v) is 10.2. The van der Waals surface area contributed by atoms with Crippen LogP contribution in [-0.2, 0) is 35.3 Å². The SMILES string of the molecule is C[C@@H]1CCc2c(sc(NC(=O)CCCCCCCCC(=O)Nc3sc4c(c3C#N)CC[C@@H](C)C4)c2C#N)C1. The molecule has 2 atom stereocenters. The van der Waals surface area contributed by atoms with Crippen LogP contribution in [0.4, 0.5) is 10.0 Å². The number of nitrogens with one attached hydrogen (secondary N) is 2. The summed E-state index contributed by atoms with van der Waals surface area (Å²) in [6.07, 6.45) is 12.7. The number of thiophene rings is 2. The number of fused-ring (bicyclic) bond motifs is 2. The summed E-state index contributed by atoms with van der Waals surface area (Å²) in [5.74, 6) is 1.26. The second-order valence-electron chi connectivity index (χ2n) is 11.1. The van der Waals surface area contributed by atoms with Gasteiger partial charge >= 0.3 is 0 Å². The van der Waals surface area contributed by atoms with Crippen molar-refractivity contribution in [3.05, 3.63) is 32.0 Å². The molecule has 0 fully saturated rings. The lowest BCUT2D eigenvalue weighted by atomic mass is 9.88. The van der Waals surface area contributed by atoms with Gasteiger partial charge in [-0.2, -0.15) is 10.5 Å². The van der Waals surface area contributed by atoms with Crippen LogP contribution in [0.1, 0.15) is 110 Å². The van der Waals surface area contributed by atoms with Gasteiger partial charge in [-0.1, -0.05) is 39.5 Å². The molecule has 0 saturated heterocycles. The Hall–Kier alpha value is -2.68. The van der Waals surface area contributed by atoms with Crippen molar-refractivity contribution in [2.45, 2.75) is 104 Å². The third kappa shape index (κ3) is 7.04. The Morgan fingerprint density at radius 1 is 0.737 bits per heavy atom. The zero-order valence-corrected chi connectivity index (χ0v) is 24.2. The molecule has 4 rings (SSSR count). The molecule has 0 bridgehead atoms. The molecule has 2 heterocycles. The smallest absolute Gasteiger partial charge is 0.225 e. The number of amides is 2. The van der Waals surface area contributed by atoms with Crippen LogP contribution in [0.2, 0.25) is 0 Å². The summed E-state index contributed by atoms with van der Waals surface area (Å²) < 4.78 is 0. The lowest BCUT2D eigenvalue weighted by Gasteiger charge is -2.17. The number of rotatable bonds is 11. The molecule has 6 nitrogen and oxygen atoms in total. The summed E-state index contributed by atoms with van der Waals surface area (Å²) in [7, 11) is 0. The van der Waals surface area contributed by atoms with E-state index in [-0.39, 0.29) is 11.8 Å². The minimum absolute atomic E-state index is 0.00808. The molecule has 0 saturated carbocycles. The topological polar surface area (TPSA) is 106 Å². The molecule has 0 aromatic carbocycles. The predicted octanol–water partition coefficient (Wildman–Crippen LogP) is 7.50. The van der Waals surface area contributed by atoms with Crippen molar-refractivity contribution in [3.63, 3.8) is 0 Å². The fourth-order valence-corrected chi connectivity index (χ4v) is 8.33. The van der Waals surface area contributed by atoms with Crippen LogP contribution >= 0.6 is 22.7 Å². The number of nitrogens with zero attached hydrogens (tertiary/aromatic N) is 2. The van der Waals surface area contributed by atoms with Gasteiger partial charge in [0, 0.05) is 22.6 Å². The van der Waals surface area contributed by atoms with Gasteiger partial charge < -0.3 is 10.6 Å². The number of nitriles is 2. The molecular formula is C30H38N4O2S2. The highest BCUT2D eigenvalue weighted by molar-refractivity contribution is 7.17. The van der Waals surface area contributed by atoms with Crippen LogP contribution < -0.4 is 10.6 Å². The normalized spacial score (nSPS) is 18.1. The van der Waals surface area contributed by atoms with Crippen molar-refractivity contribution in [3.8, 4) is 12.1 Å². The van der Waals surface area contributed by atoms with Gasteiger partial charge in [0.2, 0.25) is 11.8 Å². The lowest BCUT2D eigenvalue weighted by Crippen LogP contribution is -2.11. The highest BCUT2D eigenvalue weighted by Gasteiger charge is 2.25. The fraction of sp³-hybridized carbons (Fsp3) is 0.600. The molecule has 2 aromatic heterocycles. The van der Waals surface area contributed by atoms with Gasteiger partial charge in [0.05, 0.1) is 11.1 Å². The molecule has 2 aromatic rings. The highest BCUT2D eigenvalue weighted by Crippen LogP contribution is 2.40. The van der Waals surface area contributed by atoms with E-state index in [1.165, 1.54) is 9.75 Å². The first-order valence-electron chi connectivity index (χ1n) is 14.1. The molecule has 38 heavy (non-hydrogen) atoms. The van der Waals surface area contributed by atoms with Gasteiger partial charge in [-0.15, -0.1) is 22.7 Å².